The number of rotatable bonds is 2. The van der Waals surface area contributed by atoms with Crippen LogP contribution in [0.4, 0.5) is 5.69 Å². The molecule has 0 saturated carbocycles. The number of fused-ring (bicyclic) bond motifs is 2. The second-order valence-corrected chi connectivity index (χ2v) is 5.33. The van der Waals surface area contributed by atoms with Crippen molar-refractivity contribution in [1.82, 2.24) is 15.5 Å². The number of nitrogens with zero attached hydrogens (tertiary/aromatic N) is 1. The van der Waals surface area contributed by atoms with E-state index in [4.69, 9.17) is 4.74 Å². The Kier molecular flexibility index (Phi) is 2.89. The lowest BCUT2D eigenvalue weighted by Crippen LogP contribution is -2.25. The lowest BCUT2D eigenvalue weighted by atomic mass is 10.1. The largest absolute Gasteiger partial charge is 0.493 e. The van der Waals surface area contributed by atoms with Gasteiger partial charge in [-0.1, -0.05) is 0 Å². The Morgan fingerprint density at radius 3 is 3.24 bits per heavy atom. The number of hydrogen-bond donors (Lipinski definition) is 3. The molecule has 3 N–H and O–H groups in total. The second-order valence-electron chi connectivity index (χ2n) is 5.33. The summed E-state index contributed by atoms with van der Waals surface area (Å²) in [6, 6.07) is 5.73. The van der Waals surface area contributed by atoms with E-state index >= 15 is 0 Å². The average molecular weight is 284 g/mol. The van der Waals surface area contributed by atoms with Gasteiger partial charge in [0.05, 0.1) is 6.61 Å². The Labute approximate surface area is 121 Å². The number of anilines is 1. The second kappa shape index (κ2) is 4.89. The van der Waals surface area contributed by atoms with Crippen molar-refractivity contribution in [3.63, 3.8) is 0 Å². The summed E-state index contributed by atoms with van der Waals surface area (Å²) in [6.07, 6.45) is 1.77. The van der Waals surface area contributed by atoms with E-state index < -0.39 is 0 Å². The number of H-pyrrole nitrogens is 1. The number of aromatic nitrogens is 2. The van der Waals surface area contributed by atoms with Gasteiger partial charge in [-0.15, -0.1) is 0 Å². The van der Waals surface area contributed by atoms with E-state index in [9.17, 15) is 4.79 Å². The van der Waals surface area contributed by atoms with Crippen molar-refractivity contribution >= 4 is 11.6 Å². The van der Waals surface area contributed by atoms with Crippen LogP contribution in [-0.4, -0.2) is 29.3 Å². The fourth-order valence-corrected chi connectivity index (χ4v) is 2.87. The summed E-state index contributed by atoms with van der Waals surface area (Å²) < 4.78 is 5.47. The van der Waals surface area contributed by atoms with Crippen LogP contribution >= 0.6 is 0 Å². The third-order valence-corrected chi connectivity index (χ3v) is 3.97. The van der Waals surface area contributed by atoms with E-state index in [-0.39, 0.29) is 5.91 Å². The van der Waals surface area contributed by atoms with Gasteiger partial charge in [-0.25, -0.2) is 0 Å². The molecule has 4 rings (SSSR count). The first-order valence-electron chi connectivity index (χ1n) is 7.15. The fourth-order valence-electron chi connectivity index (χ4n) is 2.87. The molecule has 0 bridgehead atoms. The van der Waals surface area contributed by atoms with Gasteiger partial charge in [-0.3, -0.25) is 9.89 Å². The number of benzene rings is 1. The minimum absolute atomic E-state index is 0.171. The molecular weight excluding hydrogens is 268 g/mol. The number of aromatic amines is 1. The van der Waals surface area contributed by atoms with Crippen molar-refractivity contribution < 1.29 is 9.53 Å². The number of nitrogens with one attached hydrogen (secondary N) is 3. The maximum atomic E-state index is 12.4. The Hall–Kier alpha value is -2.34. The SMILES string of the molecule is O=C(Nc1ccc2c(c1)CCO2)c1n[nH]c2c1CNCC2. The number of carbonyl (C=O) groups excluding carboxylic acids is 1. The van der Waals surface area contributed by atoms with Crippen molar-refractivity contribution in [3.05, 3.63) is 40.7 Å². The van der Waals surface area contributed by atoms with Gasteiger partial charge in [0.2, 0.25) is 0 Å². The van der Waals surface area contributed by atoms with Crippen LogP contribution in [0.3, 0.4) is 0 Å². The fraction of sp³-hybridized carbons (Fsp3) is 0.333. The molecule has 2 aliphatic rings. The summed E-state index contributed by atoms with van der Waals surface area (Å²) >= 11 is 0. The van der Waals surface area contributed by atoms with Gasteiger partial charge in [0.25, 0.3) is 5.91 Å². The molecule has 0 radical (unpaired) electrons. The van der Waals surface area contributed by atoms with Crippen molar-refractivity contribution in [3.8, 4) is 5.75 Å². The summed E-state index contributed by atoms with van der Waals surface area (Å²) in [5.74, 6) is 0.740. The number of hydrogen-bond acceptors (Lipinski definition) is 4. The molecule has 6 nitrogen and oxygen atoms in total. The molecule has 21 heavy (non-hydrogen) atoms. The van der Waals surface area contributed by atoms with Crippen LogP contribution < -0.4 is 15.4 Å². The van der Waals surface area contributed by atoms with Crippen molar-refractivity contribution in [2.24, 2.45) is 0 Å². The van der Waals surface area contributed by atoms with Gasteiger partial charge in [-0.2, -0.15) is 5.10 Å². The lowest BCUT2D eigenvalue weighted by molar-refractivity contribution is 0.102. The standard InChI is InChI=1S/C15H16N4O2/c20-15(14-11-8-16-5-3-12(11)18-19-14)17-10-1-2-13-9(7-10)4-6-21-13/h1-2,7,16H,3-6,8H2,(H,17,20)(H,18,19). The van der Waals surface area contributed by atoms with Gasteiger partial charge in [0.15, 0.2) is 5.69 Å². The summed E-state index contributed by atoms with van der Waals surface area (Å²) in [5, 5.41) is 13.3. The molecule has 1 amide bonds. The third-order valence-electron chi connectivity index (χ3n) is 3.97. The van der Waals surface area contributed by atoms with Gasteiger partial charge in [0, 0.05) is 42.9 Å². The maximum absolute atomic E-state index is 12.4. The highest BCUT2D eigenvalue weighted by molar-refractivity contribution is 6.04. The van der Waals surface area contributed by atoms with E-state index in [0.717, 1.165) is 47.6 Å². The molecule has 2 aliphatic heterocycles. The highest BCUT2D eigenvalue weighted by atomic mass is 16.5. The molecule has 2 aromatic rings. The Bertz CT molecular complexity index is 708. The Morgan fingerprint density at radius 2 is 2.29 bits per heavy atom. The van der Waals surface area contributed by atoms with E-state index in [1.807, 2.05) is 18.2 Å². The van der Waals surface area contributed by atoms with Crippen molar-refractivity contribution in [2.75, 3.05) is 18.5 Å². The minimum Gasteiger partial charge on any atom is -0.493 e. The highest BCUT2D eigenvalue weighted by Gasteiger charge is 2.22. The zero-order valence-corrected chi connectivity index (χ0v) is 11.5. The monoisotopic (exact) mass is 284 g/mol. The molecule has 0 atom stereocenters. The lowest BCUT2D eigenvalue weighted by Gasteiger charge is -2.13. The van der Waals surface area contributed by atoms with Crippen molar-refractivity contribution in [1.29, 1.82) is 0 Å². The normalized spacial score (nSPS) is 16.0. The Morgan fingerprint density at radius 1 is 1.33 bits per heavy atom. The minimum atomic E-state index is -0.171. The summed E-state index contributed by atoms with van der Waals surface area (Å²) in [5.41, 5.74) is 4.43. The first kappa shape index (κ1) is 12.4. The Balaban J connectivity index is 1.57. The first-order valence-corrected chi connectivity index (χ1v) is 7.15. The predicted octanol–water partition coefficient (Wildman–Crippen LogP) is 1.24. The molecule has 0 spiro atoms. The number of carbonyl (C=O) groups is 1. The van der Waals surface area contributed by atoms with Crippen LogP contribution in [0.2, 0.25) is 0 Å². The van der Waals surface area contributed by atoms with Crippen molar-refractivity contribution in [2.45, 2.75) is 19.4 Å². The number of amides is 1. The molecule has 0 saturated heterocycles. The maximum Gasteiger partial charge on any atom is 0.276 e. The molecule has 3 heterocycles. The molecule has 0 fully saturated rings. The van der Waals surface area contributed by atoms with Gasteiger partial charge in [0.1, 0.15) is 5.75 Å². The average Bonchev–Trinajstić information content (AvgIpc) is 3.13. The zero-order valence-electron chi connectivity index (χ0n) is 11.5. The predicted molar refractivity (Wildman–Crippen MR) is 77.6 cm³/mol. The molecule has 108 valence electrons. The van der Waals surface area contributed by atoms with Crippen LogP contribution in [0.5, 0.6) is 5.75 Å². The van der Waals surface area contributed by atoms with E-state index in [1.165, 1.54) is 0 Å². The summed E-state index contributed by atoms with van der Waals surface area (Å²) in [7, 11) is 0. The summed E-state index contributed by atoms with van der Waals surface area (Å²) in [4.78, 5) is 12.4. The third kappa shape index (κ3) is 2.17. The smallest absolute Gasteiger partial charge is 0.276 e. The molecule has 1 aromatic carbocycles. The van der Waals surface area contributed by atoms with E-state index in [2.05, 4.69) is 20.8 Å². The molecule has 0 unspecified atom stereocenters. The van der Waals surface area contributed by atoms with Crippen LogP contribution in [0.1, 0.15) is 27.3 Å². The zero-order chi connectivity index (χ0) is 14.2. The van der Waals surface area contributed by atoms with Gasteiger partial charge < -0.3 is 15.4 Å². The van der Waals surface area contributed by atoms with Crippen LogP contribution in [-0.2, 0) is 19.4 Å². The van der Waals surface area contributed by atoms with Crippen LogP contribution in [0.15, 0.2) is 18.2 Å². The van der Waals surface area contributed by atoms with Gasteiger partial charge in [-0.05, 0) is 23.8 Å². The summed E-state index contributed by atoms with van der Waals surface area (Å²) in [6.45, 7) is 2.32. The van der Waals surface area contributed by atoms with E-state index in [0.29, 0.717) is 18.8 Å². The molecular formula is C15H16N4O2. The molecule has 6 heteroatoms. The highest BCUT2D eigenvalue weighted by Crippen LogP contribution is 2.28. The van der Waals surface area contributed by atoms with Crippen LogP contribution in [0.25, 0.3) is 0 Å². The topological polar surface area (TPSA) is 79.0 Å². The first-order chi connectivity index (χ1) is 10.3. The van der Waals surface area contributed by atoms with Crippen LogP contribution in [0, 0.1) is 0 Å². The number of ether oxygens (including phenoxy) is 1. The quantitative estimate of drug-likeness (QED) is 0.775. The molecule has 0 aliphatic carbocycles. The van der Waals surface area contributed by atoms with E-state index in [1.54, 1.807) is 0 Å². The molecule has 1 aromatic heterocycles. The van der Waals surface area contributed by atoms with Gasteiger partial charge >= 0.3 is 0 Å².